The van der Waals surface area contributed by atoms with Gasteiger partial charge in [0.2, 0.25) is 0 Å². The van der Waals surface area contributed by atoms with Crippen LogP contribution in [0.1, 0.15) is 47.7 Å². The molecule has 0 radical (unpaired) electrons. The van der Waals surface area contributed by atoms with Gasteiger partial charge in [-0.05, 0) is 98.0 Å². The molecule has 0 fully saturated rings. The third-order valence-corrected chi connectivity index (χ3v) is 8.82. The monoisotopic (exact) mass is 640 g/mol. The number of aromatic nitrogens is 1. The standard InChI is InChI=1S/C32H27Cl3N2O4S/c1-5-40-31(39)27-19(4)36-32-37(28(27)22-7-9-23(33)10-8-22)30(38)26(42-32)15-21-12-17(2)29(18(3)13-21)41-16-20-6-11-24(34)25(35)14-20/h6-15,28H,5,16H2,1-4H3/b26-15-/t28-/m0/s1. The fourth-order valence-corrected chi connectivity index (χ4v) is 6.48. The van der Waals surface area contributed by atoms with Gasteiger partial charge in [-0.25, -0.2) is 9.79 Å². The van der Waals surface area contributed by atoms with Gasteiger partial charge in [-0.15, -0.1) is 0 Å². The zero-order valence-corrected chi connectivity index (χ0v) is 26.4. The van der Waals surface area contributed by atoms with Crippen molar-refractivity contribution in [1.82, 2.24) is 4.57 Å². The van der Waals surface area contributed by atoms with Gasteiger partial charge in [0.15, 0.2) is 4.80 Å². The highest BCUT2D eigenvalue weighted by Crippen LogP contribution is 2.32. The first-order valence-electron chi connectivity index (χ1n) is 13.2. The first-order valence-corrected chi connectivity index (χ1v) is 15.2. The van der Waals surface area contributed by atoms with Crippen molar-refractivity contribution in [2.24, 2.45) is 4.99 Å². The van der Waals surface area contributed by atoms with Gasteiger partial charge in [0.25, 0.3) is 5.56 Å². The molecule has 2 heterocycles. The van der Waals surface area contributed by atoms with Gasteiger partial charge in [0.05, 0.1) is 38.5 Å². The SMILES string of the molecule is CCOC(=O)C1=C(C)N=c2s/c(=C\c3cc(C)c(OCc4ccc(Cl)c(Cl)c4)c(C)c3)c(=O)n2[C@H]1c1ccc(Cl)cc1. The Bertz CT molecular complexity index is 1890. The number of halogens is 3. The lowest BCUT2D eigenvalue weighted by atomic mass is 9.96. The van der Waals surface area contributed by atoms with Crippen molar-refractivity contribution in [3.05, 3.63) is 128 Å². The zero-order chi connectivity index (χ0) is 30.1. The number of rotatable bonds is 7. The minimum absolute atomic E-state index is 0.208. The minimum atomic E-state index is -0.694. The van der Waals surface area contributed by atoms with Crippen LogP contribution in [0.3, 0.4) is 0 Å². The van der Waals surface area contributed by atoms with Crippen LogP contribution in [0.2, 0.25) is 15.1 Å². The molecule has 0 amide bonds. The fourth-order valence-electron chi connectivity index (χ4n) is 4.98. The van der Waals surface area contributed by atoms with E-state index in [-0.39, 0.29) is 12.2 Å². The summed E-state index contributed by atoms with van der Waals surface area (Å²) < 4.78 is 13.5. The lowest BCUT2D eigenvalue weighted by Gasteiger charge is -2.24. The van der Waals surface area contributed by atoms with Gasteiger partial charge < -0.3 is 9.47 Å². The molecule has 0 unspecified atom stereocenters. The summed E-state index contributed by atoms with van der Waals surface area (Å²) >= 11 is 19.6. The van der Waals surface area contributed by atoms with Crippen LogP contribution in [0.5, 0.6) is 5.75 Å². The van der Waals surface area contributed by atoms with Gasteiger partial charge in [0, 0.05) is 5.02 Å². The minimum Gasteiger partial charge on any atom is -0.488 e. The molecular weight excluding hydrogens is 615 g/mol. The quantitative estimate of drug-likeness (QED) is 0.205. The molecule has 0 bridgehead atoms. The van der Waals surface area contributed by atoms with Crippen molar-refractivity contribution in [3.8, 4) is 5.75 Å². The molecule has 42 heavy (non-hydrogen) atoms. The second kappa shape index (κ2) is 12.5. The van der Waals surface area contributed by atoms with Crippen molar-refractivity contribution in [1.29, 1.82) is 0 Å². The third kappa shape index (κ3) is 6.06. The molecule has 5 rings (SSSR count). The van der Waals surface area contributed by atoms with Crippen LogP contribution in [-0.4, -0.2) is 17.1 Å². The Labute approximate surface area is 262 Å². The molecule has 1 aromatic heterocycles. The first-order chi connectivity index (χ1) is 20.1. The number of hydrogen-bond acceptors (Lipinski definition) is 6. The van der Waals surface area contributed by atoms with E-state index < -0.39 is 12.0 Å². The average molecular weight is 642 g/mol. The van der Waals surface area contributed by atoms with E-state index in [9.17, 15) is 9.59 Å². The van der Waals surface area contributed by atoms with Crippen molar-refractivity contribution < 1.29 is 14.3 Å². The van der Waals surface area contributed by atoms with Gasteiger partial charge in [0.1, 0.15) is 12.4 Å². The van der Waals surface area contributed by atoms with Crippen LogP contribution in [0.4, 0.5) is 0 Å². The summed E-state index contributed by atoms with van der Waals surface area (Å²) in [6.45, 7) is 7.98. The van der Waals surface area contributed by atoms with E-state index in [4.69, 9.17) is 44.3 Å². The molecule has 6 nitrogen and oxygen atoms in total. The Morgan fingerprint density at radius 1 is 1.00 bits per heavy atom. The number of carbonyl (C=O) groups is 1. The highest BCUT2D eigenvalue weighted by molar-refractivity contribution is 7.07. The number of nitrogens with zero attached hydrogens (tertiary/aromatic N) is 2. The van der Waals surface area contributed by atoms with E-state index >= 15 is 0 Å². The molecule has 3 aromatic carbocycles. The van der Waals surface area contributed by atoms with E-state index in [0.717, 1.165) is 33.6 Å². The van der Waals surface area contributed by atoms with E-state index in [0.29, 0.717) is 42.3 Å². The van der Waals surface area contributed by atoms with Crippen molar-refractivity contribution in [3.63, 3.8) is 0 Å². The predicted molar refractivity (Wildman–Crippen MR) is 169 cm³/mol. The maximum absolute atomic E-state index is 13.9. The molecule has 4 aromatic rings. The molecule has 1 aliphatic heterocycles. The Morgan fingerprint density at radius 3 is 2.33 bits per heavy atom. The second-order valence-electron chi connectivity index (χ2n) is 9.87. The van der Waals surface area contributed by atoms with Crippen LogP contribution in [0.15, 0.2) is 75.7 Å². The molecule has 0 aliphatic carbocycles. The zero-order valence-electron chi connectivity index (χ0n) is 23.3. The number of hydrogen-bond donors (Lipinski definition) is 0. The second-order valence-corrected chi connectivity index (χ2v) is 12.1. The van der Waals surface area contributed by atoms with Crippen LogP contribution in [0.25, 0.3) is 6.08 Å². The summed E-state index contributed by atoms with van der Waals surface area (Å²) in [6, 6.07) is 15.8. The molecule has 1 aliphatic rings. The number of aryl methyl sites for hydroxylation is 2. The summed E-state index contributed by atoms with van der Waals surface area (Å²) in [5.41, 5.74) is 4.93. The topological polar surface area (TPSA) is 69.9 Å². The molecule has 216 valence electrons. The van der Waals surface area contributed by atoms with Gasteiger partial charge in [-0.3, -0.25) is 9.36 Å². The molecule has 0 spiro atoms. The Balaban J connectivity index is 1.54. The van der Waals surface area contributed by atoms with Crippen molar-refractivity contribution >= 4 is 58.2 Å². The molecule has 10 heteroatoms. The van der Waals surface area contributed by atoms with Gasteiger partial charge >= 0.3 is 5.97 Å². The molecule has 0 N–H and O–H groups in total. The van der Waals surface area contributed by atoms with E-state index in [2.05, 4.69) is 4.99 Å². The average Bonchev–Trinajstić information content (AvgIpc) is 3.24. The first kappa shape index (κ1) is 30.1. The maximum Gasteiger partial charge on any atom is 0.338 e. The Hall–Kier alpha value is -3.36. The van der Waals surface area contributed by atoms with Crippen LogP contribution >= 0.6 is 46.1 Å². The number of esters is 1. The number of fused-ring (bicyclic) bond motifs is 1. The number of carbonyl (C=O) groups excluding carboxylic acids is 1. The Morgan fingerprint density at radius 2 is 1.69 bits per heavy atom. The highest BCUT2D eigenvalue weighted by Gasteiger charge is 2.33. The Kier molecular flexibility index (Phi) is 8.94. The number of allylic oxidation sites excluding steroid dienone is 1. The predicted octanol–water partition coefficient (Wildman–Crippen LogP) is 6.95. The normalized spacial score (nSPS) is 14.9. The van der Waals surface area contributed by atoms with Crippen LogP contribution in [0, 0.1) is 13.8 Å². The fraction of sp³-hybridized carbons (Fsp3) is 0.219. The lowest BCUT2D eigenvalue weighted by Crippen LogP contribution is -2.39. The molecule has 0 saturated carbocycles. The third-order valence-electron chi connectivity index (χ3n) is 6.85. The van der Waals surface area contributed by atoms with Crippen molar-refractivity contribution in [2.75, 3.05) is 6.61 Å². The van der Waals surface area contributed by atoms with Crippen LogP contribution in [-0.2, 0) is 16.1 Å². The summed E-state index contributed by atoms with van der Waals surface area (Å²) in [5, 5.41) is 1.53. The summed E-state index contributed by atoms with van der Waals surface area (Å²) in [4.78, 5) is 32.1. The van der Waals surface area contributed by atoms with Gasteiger partial charge in [-0.1, -0.05) is 64.3 Å². The summed E-state index contributed by atoms with van der Waals surface area (Å²) in [7, 11) is 0. The molecule has 1 atom stereocenters. The van der Waals surface area contributed by atoms with E-state index in [1.807, 2.05) is 50.3 Å². The van der Waals surface area contributed by atoms with Crippen molar-refractivity contribution in [2.45, 2.75) is 40.3 Å². The number of benzene rings is 3. The van der Waals surface area contributed by atoms with E-state index in [1.54, 1.807) is 42.7 Å². The molecule has 0 saturated heterocycles. The summed E-state index contributed by atoms with van der Waals surface area (Å²) in [6.07, 6.45) is 1.84. The summed E-state index contributed by atoms with van der Waals surface area (Å²) in [5.74, 6) is 0.257. The number of thiazole rings is 1. The lowest BCUT2D eigenvalue weighted by molar-refractivity contribution is -0.139. The van der Waals surface area contributed by atoms with E-state index in [1.165, 1.54) is 11.3 Å². The smallest absolute Gasteiger partial charge is 0.338 e. The number of ether oxygens (including phenoxy) is 2. The maximum atomic E-state index is 13.9. The highest BCUT2D eigenvalue weighted by atomic mass is 35.5. The largest absolute Gasteiger partial charge is 0.488 e. The molecular formula is C32H27Cl3N2O4S. The van der Waals surface area contributed by atoms with Crippen LogP contribution < -0.4 is 19.6 Å². The van der Waals surface area contributed by atoms with Gasteiger partial charge in [-0.2, -0.15) is 0 Å².